The second-order valence-electron chi connectivity index (χ2n) is 5.78. The number of aliphatic carboxylic acids is 1. The molecule has 1 aliphatic rings. The maximum atomic E-state index is 13.9. The van der Waals surface area contributed by atoms with Gasteiger partial charge in [-0.05, 0) is 43.2 Å². The van der Waals surface area contributed by atoms with Gasteiger partial charge in [0.05, 0.1) is 18.8 Å². The molecule has 2 heterocycles. The summed E-state index contributed by atoms with van der Waals surface area (Å²) in [6.45, 7) is 0.609. The molecule has 1 fully saturated rings. The Morgan fingerprint density at radius 2 is 2.25 bits per heavy atom. The molecule has 0 spiro atoms. The molecule has 1 aromatic carbocycles. The molecular weight excluding hydrogens is 311 g/mol. The third kappa shape index (κ3) is 3.10. The number of carbonyl (C=O) groups is 1. The van der Waals surface area contributed by atoms with Crippen molar-refractivity contribution in [3.63, 3.8) is 0 Å². The summed E-state index contributed by atoms with van der Waals surface area (Å²) in [7, 11) is 1.52. The lowest BCUT2D eigenvalue weighted by Gasteiger charge is -2.32. The summed E-state index contributed by atoms with van der Waals surface area (Å²) in [6, 6.07) is 8.66. The van der Waals surface area contributed by atoms with E-state index < -0.39 is 23.9 Å². The van der Waals surface area contributed by atoms with Crippen molar-refractivity contribution >= 4 is 5.97 Å². The van der Waals surface area contributed by atoms with Crippen LogP contribution in [0.15, 0.2) is 42.6 Å². The number of benzene rings is 1. The predicted octanol–water partition coefficient (Wildman–Crippen LogP) is 2.87. The quantitative estimate of drug-likeness (QED) is 0.913. The number of carboxylic acids is 1. The van der Waals surface area contributed by atoms with E-state index in [1.165, 1.54) is 19.2 Å². The highest BCUT2D eigenvalue weighted by Crippen LogP contribution is 2.38. The molecule has 0 amide bonds. The van der Waals surface area contributed by atoms with Crippen LogP contribution in [0.25, 0.3) is 0 Å². The zero-order valence-electron chi connectivity index (χ0n) is 13.4. The maximum Gasteiger partial charge on any atom is 0.320 e. The van der Waals surface area contributed by atoms with E-state index in [9.17, 15) is 14.3 Å². The molecule has 0 bridgehead atoms. The molecule has 24 heavy (non-hydrogen) atoms. The summed E-state index contributed by atoms with van der Waals surface area (Å²) in [6.07, 6.45) is 2.99. The van der Waals surface area contributed by atoms with Crippen LogP contribution in [0.4, 0.5) is 4.39 Å². The number of pyridine rings is 1. The standard InChI is InChI=1S/C18H19FN2O3/c1-24-16-8-7-12(19)11-13(16)17(14-5-2-3-9-20-14)21-10-4-6-15(21)18(22)23/h2-3,5,7-9,11,15,17H,4,6,10H2,1H3,(H,22,23). The molecule has 0 aliphatic carbocycles. The molecule has 0 saturated carbocycles. The number of hydrogen-bond donors (Lipinski definition) is 1. The summed E-state index contributed by atoms with van der Waals surface area (Å²) >= 11 is 0. The van der Waals surface area contributed by atoms with E-state index >= 15 is 0 Å². The first-order valence-corrected chi connectivity index (χ1v) is 7.84. The fourth-order valence-electron chi connectivity index (χ4n) is 3.33. The van der Waals surface area contributed by atoms with E-state index in [0.717, 1.165) is 6.42 Å². The van der Waals surface area contributed by atoms with E-state index in [-0.39, 0.29) is 0 Å². The number of aromatic nitrogens is 1. The number of carboxylic acid groups (broad SMARTS) is 1. The number of ether oxygens (including phenoxy) is 1. The first kappa shape index (κ1) is 16.4. The zero-order chi connectivity index (χ0) is 17.1. The number of rotatable bonds is 5. The Labute approximate surface area is 139 Å². The van der Waals surface area contributed by atoms with Gasteiger partial charge in [0, 0.05) is 18.3 Å². The van der Waals surface area contributed by atoms with Gasteiger partial charge in [0.25, 0.3) is 0 Å². The fraction of sp³-hybridized carbons (Fsp3) is 0.333. The SMILES string of the molecule is COc1ccc(F)cc1C(c1ccccn1)N1CCCC1C(=O)O. The molecule has 3 rings (SSSR count). The van der Waals surface area contributed by atoms with Crippen LogP contribution < -0.4 is 4.74 Å². The van der Waals surface area contributed by atoms with E-state index in [1.54, 1.807) is 18.3 Å². The summed E-state index contributed by atoms with van der Waals surface area (Å²) in [5.41, 5.74) is 1.26. The van der Waals surface area contributed by atoms with E-state index in [1.807, 2.05) is 17.0 Å². The van der Waals surface area contributed by atoms with E-state index in [0.29, 0.717) is 30.0 Å². The van der Waals surface area contributed by atoms with Gasteiger partial charge in [-0.15, -0.1) is 0 Å². The Kier molecular flexibility index (Phi) is 4.76. The first-order chi connectivity index (χ1) is 11.6. The molecule has 6 heteroatoms. The van der Waals surface area contributed by atoms with Gasteiger partial charge in [-0.1, -0.05) is 6.07 Å². The maximum absolute atomic E-state index is 13.9. The van der Waals surface area contributed by atoms with Crippen molar-refractivity contribution in [1.29, 1.82) is 0 Å². The Hall–Kier alpha value is -2.47. The van der Waals surface area contributed by atoms with Gasteiger partial charge in [0.15, 0.2) is 0 Å². The first-order valence-electron chi connectivity index (χ1n) is 7.84. The Balaban J connectivity index is 2.13. The Morgan fingerprint density at radius 3 is 2.92 bits per heavy atom. The van der Waals surface area contributed by atoms with E-state index in [2.05, 4.69) is 4.98 Å². The molecule has 1 aromatic heterocycles. The minimum Gasteiger partial charge on any atom is -0.496 e. The number of methoxy groups -OCH3 is 1. The molecular formula is C18H19FN2O3. The Bertz CT molecular complexity index is 723. The van der Waals surface area contributed by atoms with Crippen molar-refractivity contribution in [2.75, 3.05) is 13.7 Å². The Morgan fingerprint density at radius 1 is 1.42 bits per heavy atom. The van der Waals surface area contributed by atoms with Crippen LogP contribution >= 0.6 is 0 Å². The van der Waals surface area contributed by atoms with Crippen molar-refractivity contribution in [1.82, 2.24) is 9.88 Å². The molecule has 2 atom stereocenters. The number of likely N-dealkylation sites (tertiary alicyclic amines) is 1. The van der Waals surface area contributed by atoms with Gasteiger partial charge in [-0.3, -0.25) is 14.7 Å². The molecule has 1 saturated heterocycles. The second kappa shape index (κ2) is 6.97. The average Bonchev–Trinajstić information content (AvgIpc) is 3.06. The fourth-order valence-corrected chi connectivity index (χ4v) is 3.33. The second-order valence-corrected chi connectivity index (χ2v) is 5.78. The predicted molar refractivity (Wildman–Crippen MR) is 86.4 cm³/mol. The number of halogens is 1. The van der Waals surface area contributed by atoms with Crippen molar-refractivity contribution < 1.29 is 19.0 Å². The van der Waals surface area contributed by atoms with Crippen LogP contribution in [0.5, 0.6) is 5.75 Å². The highest BCUT2D eigenvalue weighted by Gasteiger charge is 2.38. The molecule has 1 N–H and O–H groups in total. The smallest absolute Gasteiger partial charge is 0.320 e. The van der Waals surface area contributed by atoms with Crippen molar-refractivity contribution in [2.24, 2.45) is 0 Å². The molecule has 126 valence electrons. The van der Waals surface area contributed by atoms with Gasteiger partial charge in [-0.25, -0.2) is 4.39 Å². The minimum atomic E-state index is -0.871. The summed E-state index contributed by atoms with van der Waals surface area (Å²) < 4.78 is 19.3. The zero-order valence-corrected chi connectivity index (χ0v) is 13.4. The lowest BCUT2D eigenvalue weighted by atomic mass is 9.99. The lowest BCUT2D eigenvalue weighted by molar-refractivity contribution is -0.142. The molecule has 2 unspecified atom stereocenters. The molecule has 0 radical (unpaired) electrons. The lowest BCUT2D eigenvalue weighted by Crippen LogP contribution is -2.39. The topological polar surface area (TPSA) is 62.7 Å². The van der Waals surface area contributed by atoms with Crippen LogP contribution in [0.2, 0.25) is 0 Å². The van der Waals surface area contributed by atoms with Crippen molar-refractivity contribution in [3.05, 3.63) is 59.7 Å². The highest BCUT2D eigenvalue weighted by atomic mass is 19.1. The largest absolute Gasteiger partial charge is 0.496 e. The molecule has 2 aromatic rings. The third-order valence-electron chi connectivity index (χ3n) is 4.37. The van der Waals surface area contributed by atoms with Gasteiger partial charge in [0.2, 0.25) is 0 Å². The van der Waals surface area contributed by atoms with Crippen molar-refractivity contribution in [2.45, 2.75) is 24.9 Å². The molecule has 1 aliphatic heterocycles. The van der Waals surface area contributed by atoms with Crippen LogP contribution in [0.3, 0.4) is 0 Å². The summed E-state index contributed by atoms with van der Waals surface area (Å²) in [5.74, 6) is -0.746. The van der Waals surface area contributed by atoms with Gasteiger partial charge in [0.1, 0.15) is 17.6 Å². The van der Waals surface area contributed by atoms with Crippen LogP contribution in [0, 0.1) is 5.82 Å². The van der Waals surface area contributed by atoms with Gasteiger partial charge >= 0.3 is 5.97 Å². The van der Waals surface area contributed by atoms with Gasteiger partial charge < -0.3 is 9.84 Å². The number of nitrogens with zero attached hydrogens (tertiary/aromatic N) is 2. The monoisotopic (exact) mass is 330 g/mol. The van der Waals surface area contributed by atoms with Gasteiger partial charge in [-0.2, -0.15) is 0 Å². The minimum absolute atomic E-state index is 0.391. The average molecular weight is 330 g/mol. The normalized spacial score (nSPS) is 19.2. The third-order valence-corrected chi connectivity index (χ3v) is 4.37. The van der Waals surface area contributed by atoms with Crippen LogP contribution in [0.1, 0.15) is 30.1 Å². The highest BCUT2D eigenvalue weighted by molar-refractivity contribution is 5.74. The van der Waals surface area contributed by atoms with E-state index in [4.69, 9.17) is 4.74 Å². The summed E-state index contributed by atoms with van der Waals surface area (Å²) in [4.78, 5) is 17.9. The molecule has 5 nitrogen and oxygen atoms in total. The number of hydrogen-bond acceptors (Lipinski definition) is 4. The van der Waals surface area contributed by atoms with Crippen LogP contribution in [-0.2, 0) is 4.79 Å². The van der Waals surface area contributed by atoms with Crippen LogP contribution in [-0.4, -0.2) is 40.7 Å². The van der Waals surface area contributed by atoms with Crippen molar-refractivity contribution in [3.8, 4) is 5.75 Å². The summed E-state index contributed by atoms with van der Waals surface area (Å²) in [5, 5.41) is 9.54.